The van der Waals surface area contributed by atoms with Crippen molar-refractivity contribution in [2.75, 3.05) is 0 Å². The van der Waals surface area contributed by atoms with Gasteiger partial charge in [0.2, 0.25) is 0 Å². The zero-order valence-corrected chi connectivity index (χ0v) is 13.2. The summed E-state index contributed by atoms with van der Waals surface area (Å²) in [4.78, 5) is 18.3. The number of benzene rings is 1. The van der Waals surface area contributed by atoms with Crippen molar-refractivity contribution in [2.45, 2.75) is 19.8 Å². The summed E-state index contributed by atoms with van der Waals surface area (Å²) in [6.07, 6.45) is 9.06. The Kier molecular flexibility index (Phi) is 4.24. The minimum absolute atomic E-state index is 0.646. The fourth-order valence-corrected chi connectivity index (χ4v) is 2.50. The van der Waals surface area contributed by atoms with Gasteiger partial charge in [0.15, 0.2) is 0 Å². The Morgan fingerprint density at radius 1 is 1.17 bits per heavy atom. The number of aryl methyl sites for hydroxylation is 1. The molecule has 0 spiro atoms. The van der Waals surface area contributed by atoms with Crippen LogP contribution in [0.3, 0.4) is 0 Å². The molecule has 0 saturated carbocycles. The Morgan fingerprint density at radius 3 is 2.74 bits per heavy atom. The summed E-state index contributed by atoms with van der Waals surface area (Å²) < 4.78 is 0. The van der Waals surface area contributed by atoms with E-state index in [4.69, 9.17) is 9.97 Å². The highest BCUT2D eigenvalue weighted by atomic mass is 14.9. The average molecular weight is 302 g/mol. The topological polar surface area (TPSA) is 50.5 Å². The van der Waals surface area contributed by atoms with E-state index in [1.54, 1.807) is 6.08 Å². The minimum atomic E-state index is 0.646. The lowest BCUT2D eigenvalue weighted by molar-refractivity contribution is 1.08. The Hall–Kier alpha value is -2.88. The van der Waals surface area contributed by atoms with Crippen LogP contribution in [0.25, 0.3) is 16.7 Å². The van der Waals surface area contributed by atoms with E-state index in [0.29, 0.717) is 11.4 Å². The molecule has 0 radical (unpaired) electrons. The van der Waals surface area contributed by atoms with Gasteiger partial charge in [0.05, 0.1) is 22.4 Å². The van der Waals surface area contributed by atoms with Crippen LogP contribution >= 0.6 is 0 Å². The van der Waals surface area contributed by atoms with E-state index in [1.165, 1.54) is 6.20 Å². The van der Waals surface area contributed by atoms with Gasteiger partial charge in [-0.25, -0.2) is 9.97 Å². The molecule has 0 fully saturated rings. The predicted molar refractivity (Wildman–Crippen MR) is 96.9 cm³/mol. The van der Waals surface area contributed by atoms with E-state index in [0.717, 1.165) is 40.8 Å². The molecule has 3 rings (SSSR count). The van der Waals surface area contributed by atoms with Crippen LogP contribution in [0, 0.1) is 6.92 Å². The molecule has 0 amide bonds. The lowest BCUT2D eigenvalue weighted by Gasteiger charge is -2.12. The quantitative estimate of drug-likeness (QED) is 0.792. The molecule has 1 aliphatic heterocycles. The Bertz CT molecular complexity index is 872. The maximum Gasteiger partial charge on any atom is 0.117 e. The van der Waals surface area contributed by atoms with E-state index in [9.17, 15) is 0 Å². The van der Waals surface area contributed by atoms with Gasteiger partial charge in [-0.1, -0.05) is 25.3 Å². The summed E-state index contributed by atoms with van der Waals surface area (Å²) >= 11 is 0. The molecule has 4 heteroatoms. The molecular weight excluding hydrogens is 284 g/mol. The van der Waals surface area contributed by atoms with Crippen molar-refractivity contribution in [3.05, 3.63) is 66.7 Å². The summed E-state index contributed by atoms with van der Waals surface area (Å²) in [7, 11) is 0. The van der Waals surface area contributed by atoms with Crippen molar-refractivity contribution < 1.29 is 0 Å². The molecule has 23 heavy (non-hydrogen) atoms. The molecule has 0 saturated heterocycles. The molecule has 0 bridgehead atoms. The third-order valence-corrected chi connectivity index (χ3v) is 3.59. The lowest BCUT2D eigenvalue weighted by Crippen LogP contribution is -2.08. The molecule has 2 aromatic rings. The van der Waals surface area contributed by atoms with Gasteiger partial charge in [-0.3, -0.25) is 9.98 Å². The zero-order chi connectivity index (χ0) is 16.2. The first-order valence-electron chi connectivity index (χ1n) is 7.56. The van der Waals surface area contributed by atoms with Crippen LogP contribution in [0.15, 0.2) is 59.7 Å². The van der Waals surface area contributed by atoms with E-state index in [-0.39, 0.29) is 0 Å². The molecule has 1 aromatic carbocycles. The van der Waals surface area contributed by atoms with Crippen molar-refractivity contribution >= 4 is 28.7 Å². The van der Waals surface area contributed by atoms with Crippen LogP contribution in [0.2, 0.25) is 0 Å². The Morgan fingerprint density at radius 2 is 2.04 bits per heavy atom. The standard InChI is InChI=1S/C19H18N4/c1-4-14(20-5-2)18-19(16-8-6-7-11-21-16)22-15-10-9-13(3)12-17(15)23-18/h4-5,8-12H,1-2,6-7H2,3H3. The fourth-order valence-electron chi connectivity index (χ4n) is 2.50. The van der Waals surface area contributed by atoms with E-state index in [2.05, 4.69) is 29.2 Å². The Balaban J connectivity index is 2.30. The van der Waals surface area contributed by atoms with Crippen LogP contribution < -0.4 is 0 Å². The first kappa shape index (κ1) is 15.0. The summed E-state index contributed by atoms with van der Waals surface area (Å²) in [5.41, 5.74) is 5.72. The number of aliphatic imine (C=N–C) groups is 2. The SMILES string of the molecule is C=CN=C(C=C)c1nc2cc(C)ccc2nc1C1=CCCC=N1. The number of hydrogen-bond donors (Lipinski definition) is 0. The zero-order valence-electron chi connectivity index (χ0n) is 13.2. The minimum Gasteiger partial charge on any atom is -0.259 e. The average Bonchev–Trinajstić information content (AvgIpc) is 2.59. The van der Waals surface area contributed by atoms with Gasteiger partial charge in [0.25, 0.3) is 0 Å². The summed E-state index contributed by atoms with van der Waals surface area (Å²) in [5.74, 6) is 0. The van der Waals surface area contributed by atoms with Crippen molar-refractivity contribution in [3.8, 4) is 0 Å². The molecule has 4 nitrogen and oxygen atoms in total. The predicted octanol–water partition coefficient (Wildman–Crippen LogP) is 4.26. The third-order valence-electron chi connectivity index (χ3n) is 3.59. The highest BCUT2D eigenvalue weighted by Crippen LogP contribution is 2.24. The number of aromatic nitrogens is 2. The third kappa shape index (κ3) is 3.01. The van der Waals surface area contributed by atoms with Crippen molar-refractivity contribution in [2.24, 2.45) is 9.98 Å². The van der Waals surface area contributed by atoms with Crippen molar-refractivity contribution in [1.29, 1.82) is 0 Å². The molecule has 1 aliphatic rings. The number of fused-ring (bicyclic) bond motifs is 1. The van der Waals surface area contributed by atoms with Gasteiger partial charge in [-0.05, 0) is 43.5 Å². The first-order valence-corrected chi connectivity index (χ1v) is 7.56. The van der Waals surface area contributed by atoms with Crippen molar-refractivity contribution in [3.63, 3.8) is 0 Å². The highest BCUT2D eigenvalue weighted by molar-refractivity contribution is 6.10. The smallest absolute Gasteiger partial charge is 0.117 e. The molecule has 0 atom stereocenters. The number of hydrogen-bond acceptors (Lipinski definition) is 4. The van der Waals surface area contributed by atoms with Gasteiger partial charge in [0.1, 0.15) is 11.4 Å². The summed E-state index contributed by atoms with van der Waals surface area (Å²) in [6.45, 7) is 9.54. The molecule has 0 unspecified atom stereocenters. The number of allylic oxidation sites excluding steroid dienone is 2. The highest BCUT2D eigenvalue weighted by Gasteiger charge is 2.16. The van der Waals surface area contributed by atoms with Crippen LogP contribution in [0.1, 0.15) is 29.8 Å². The number of nitrogens with zero attached hydrogens (tertiary/aromatic N) is 4. The van der Waals surface area contributed by atoms with Crippen LogP contribution in [0.4, 0.5) is 0 Å². The molecule has 0 aliphatic carbocycles. The van der Waals surface area contributed by atoms with Crippen LogP contribution in [-0.4, -0.2) is 21.9 Å². The number of rotatable bonds is 4. The van der Waals surface area contributed by atoms with Crippen LogP contribution in [0.5, 0.6) is 0 Å². The lowest BCUT2D eigenvalue weighted by atomic mass is 10.1. The van der Waals surface area contributed by atoms with Gasteiger partial charge in [-0.15, -0.1) is 0 Å². The second kappa shape index (κ2) is 6.48. The molecule has 114 valence electrons. The van der Waals surface area contributed by atoms with Gasteiger partial charge in [0, 0.05) is 12.4 Å². The largest absolute Gasteiger partial charge is 0.259 e. The first-order chi connectivity index (χ1) is 11.2. The molecule has 0 N–H and O–H groups in total. The fraction of sp³-hybridized carbons (Fsp3) is 0.158. The molecule has 2 heterocycles. The second-order valence-electron chi connectivity index (χ2n) is 5.29. The van der Waals surface area contributed by atoms with Gasteiger partial charge in [-0.2, -0.15) is 0 Å². The summed E-state index contributed by atoms with van der Waals surface area (Å²) in [6, 6.07) is 6.03. The van der Waals surface area contributed by atoms with Gasteiger partial charge < -0.3 is 0 Å². The monoisotopic (exact) mass is 302 g/mol. The normalized spacial score (nSPS) is 14.7. The van der Waals surface area contributed by atoms with E-state index >= 15 is 0 Å². The molecule has 1 aromatic heterocycles. The van der Waals surface area contributed by atoms with E-state index < -0.39 is 0 Å². The van der Waals surface area contributed by atoms with Crippen LogP contribution in [-0.2, 0) is 0 Å². The molecular formula is C19H18N4. The Labute approximate surface area is 135 Å². The maximum absolute atomic E-state index is 4.78. The maximum atomic E-state index is 4.78. The van der Waals surface area contributed by atoms with Crippen molar-refractivity contribution in [1.82, 2.24) is 9.97 Å². The second-order valence-corrected chi connectivity index (χ2v) is 5.29. The summed E-state index contributed by atoms with van der Waals surface area (Å²) in [5, 5.41) is 0. The van der Waals surface area contributed by atoms with Gasteiger partial charge >= 0.3 is 0 Å². The van der Waals surface area contributed by atoms with E-state index in [1.807, 2.05) is 31.3 Å².